The van der Waals surface area contributed by atoms with E-state index in [0.29, 0.717) is 36.9 Å². The maximum Gasteiger partial charge on any atom is 0.272 e. The Hall–Kier alpha value is -2.83. The summed E-state index contributed by atoms with van der Waals surface area (Å²) in [5, 5.41) is 13.0. The Morgan fingerprint density at radius 1 is 1.41 bits per heavy atom. The third-order valence-corrected chi connectivity index (χ3v) is 5.88. The van der Waals surface area contributed by atoms with E-state index in [1.807, 2.05) is 6.19 Å². The number of carbonyl (C=O) groups excluding carboxylic acids is 2. The van der Waals surface area contributed by atoms with Gasteiger partial charge in [-0.25, -0.2) is 4.98 Å². The molecule has 1 atom stereocenters. The Bertz CT molecular complexity index is 900. The van der Waals surface area contributed by atoms with E-state index in [-0.39, 0.29) is 17.7 Å². The minimum atomic E-state index is -0.213. The van der Waals surface area contributed by atoms with Crippen molar-refractivity contribution in [3.63, 3.8) is 0 Å². The molecule has 4 heterocycles. The summed E-state index contributed by atoms with van der Waals surface area (Å²) in [6.07, 6.45) is 4.91. The van der Waals surface area contributed by atoms with Gasteiger partial charge in [0.25, 0.3) is 5.91 Å². The van der Waals surface area contributed by atoms with Crippen LogP contribution in [0.15, 0.2) is 24.4 Å². The molecule has 0 aromatic carbocycles. The highest BCUT2D eigenvalue weighted by atomic mass is 32.1. The van der Waals surface area contributed by atoms with E-state index in [2.05, 4.69) is 15.3 Å². The fraction of sp³-hybridized carbons (Fsp3) is 0.389. The van der Waals surface area contributed by atoms with Crippen molar-refractivity contribution in [1.29, 1.82) is 5.26 Å². The Labute approximate surface area is 160 Å². The number of aromatic nitrogens is 2. The summed E-state index contributed by atoms with van der Waals surface area (Å²) < 4.78 is 0. The molecule has 0 unspecified atom stereocenters. The van der Waals surface area contributed by atoms with Crippen molar-refractivity contribution in [1.82, 2.24) is 20.2 Å². The van der Waals surface area contributed by atoms with Gasteiger partial charge in [-0.05, 0) is 25.1 Å². The number of fused-ring (bicyclic) bond motifs is 1. The molecule has 0 aliphatic carbocycles. The molecular weight excluding hydrogens is 364 g/mol. The molecule has 1 N–H and O–H groups in total. The first kappa shape index (κ1) is 17.6. The lowest BCUT2D eigenvalue weighted by molar-refractivity contribution is -0.121. The molecule has 2 aromatic heterocycles. The molecule has 9 heteroatoms. The van der Waals surface area contributed by atoms with Crippen molar-refractivity contribution in [2.24, 2.45) is 5.92 Å². The fourth-order valence-corrected chi connectivity index (χ4v) is 4.42. The minimum absolute atomic E-state index is 0.124. The number of pyridine rings is 1. The average molecular weight is 382 g/mol. The SMILES string of the molecule is N#CN(C(=O)[C@H]1CCNC1)c1nc2c(s1)CN(C(=O)c1ccccn1)CC2. The lowest BCUT2D eigenvalue weighted by Crippen LogP contribution is -2.35. The van der Waals surface area contributed by atoms with E-state index in [4.69, 9.17) is 0 Å². The van der Waals surface area contributed by atoms with Gasteiger partial charge < -0.3 is 10.2 Å². The predicted octanol–water partition coefficient (Wildman–Crippen LogP) is 1.16. The van der Waals surface area contributed by atoms with Gasteiger partial charge in [-0.1, -0.05) is 17.4 Å². The summed E-state index contributed by atoms with van der Waals surface area (Å²) in [7, 11) is 0. The predicted molar refractivity (Wildman–Crippen MR) is 98.9 cm³/mol. The number of anilines is 1. The molecule has 1 saturated heterocycles. The van der Waals surface area contributed by atoms with Crippen LogP contribution in [0.3, 0.4) is 0 Å². The molecule has 138 valence electrons. The second-order valence-electron chi connectivity index (χ2n) is 6.52. The summed E-state index contributed by atoms with van der Waals surface area (Å²) >= 11 is 1.31. The fourth-order valence-electron chi connectivity index (χ4n) is 3.34. The second kappa shape index (κ2) is 7.42. The van der Waals surface area contributed by atoms with Gasteiger partial charge in [-0.3, -0.25) is 14.6 Å². The molecule has 2 amide bonds. The van der Waals surface area contributed by atoms with E-state index in [1.54, 1.807) is 29.3 Å². The van der Waals surface area contributed by atoms with E-state index in [0.717, 1.165) is 28.4 Å². The Balaban J connectivity index is 1.52. The molecule has 0 radical (unpaired) electrons. The van der Waals surface area contributed by atoms with Gasteiger partial charge in [-0.15, -0.1) is 0 Å². The van der Waals surface area contributed by atoms with Gasteiger partial charge in [0.15, 0.2) is 6.19 Å². The number of thiazole rings is 1. The minimum Gasteiger partial charge on any atom is -0.332 e. The zero-order chi connectivity index (χ0) is 18.8. The largest absolute Gasteiger partial charge is 0.332 e. The van der Waals surface area contributed by atoms with Crippen LogP contribution in [0.5, 0.6) is 0 Å². The number of hydrogen-bond acceptors (Lipinski definition) is 7. The first-order chi connectivity index (χ1) is 13.2. The standard InChI is InChI=1S/C18H18N6O2S/c19-11-24(16(25)12-4-7-20-9-12)18-22-13-5-8-23(10-15(13)27-18)17(26)14-3-1-2-6-21-14/h1-3,6,12,20H,4-5,7-10H2/t12-/m0/s1. The van der Waals surface area contributed by atoms with Gasteiger partial charge in [0.05, 0.1) is 18.2 Å². The highest BCUT2D eigenvalue weighted by Crippen LogP contribution is 2.32. The average Bonchev–Trinajstić information content (AvgIpc) is 3.38. The number of nitrogens with one attached hydrogen (secondary N) is 1. The van der Waals surface area contributed by atoms with Gasteiger partial charge >= 0.3 is 0 Å². The van der Waals surface area contributed by atoms with Crippen LogP contribution in [0, 0.1) is 17.4 Å². The monoisotopic (exact) mass is 382 g/mol. The van der Waals surface area contributed by atoms with Crippen LogP contribution >= 0.6 is 11.3 Å². The van der Waals surface area contributed by atoms with Gasteiger partial charge in [0.2, 0.25) is 11.0 Å². The van der Waals surface area contributed by atoms with Crippen molar-refractivity contribution in [3.05, 3.63) is 40.7 Å². The Morgan fingerprint density at radius 3 is 3.00 bits per heavy atom. The molecule has 0 bridgehead atoms. The highest BCUT2D eigenvalue weighted by molar-refractivity contribution is 7.16. The molecule has 27 heavy (non-hydrogen) atoms. The van der Waals surface area contributed by atoms with Crippen molar-refractivity contribution in [2.45, 2.75) is 19.4 Å². The summed E-state index contributed by atoms with van der Waals surface area (Å²) in [6, 6.07) is 5.25. The molecule has 2 aliphatic rings. The van der Waals surface area contributed by atoms with Crippen LogP contribution in [0.4, 0.5) is 5.13 Å². The van der Waals surface area contributed by atoms with E-state index in [9.17, 15) is 14.9 Å². The molecule has 1 fully saturated rings. The number of carbonyl (C=O) groups is 2. The number of amides is 2. The number of nitriles is 1. The van der Waals surface area contributed by atoms with E-state index >= 15 is 0 Å². The first-order valence-corrected chi connectivity index (χ1v) is 9.62. The quantitative estimate of drug-likeness (QED) is 0.631. The maximum atomic E-state index is 12.6. The number of nitrogens with zero attached hydrogens (tertiary/aromatic N) is 5. The molecule has 4 rings (SSSR count). The van der Waals surface area contributed by atoms with Gasteiger partial charge in [0, 0.05) is 30.6 Å². The van der Waals surface area contributed by atoms with Crippen LogP contribution in [0.25, 0.3) is 0 Å². The first-order valence-electron chi connectivity index (χ1n) is 8.80. The highest BCUT2D eigenvalue weighted by Gasteiger charge is 2.32. The number of hydrogen-bond donors (Lipinski definition) is 1. The van der Waals surface area contributed by atoms with Crippen molar-refractivity contribution >= 4 is 28.3 Å². The van der Waals surface area contributed by atoms with Gasteiger partial charge in [-0.2, -0.15) is 10.2 Å². The summed E-state index contributed by atoms with van der Waals surface area (Å²) in [5.74, 6) is -0.524. The van der Waals surface area contributed by atoms with Crippen LogP contribution in [-0.2, 0) is 17.8 Å². The molecule has 2 aromatic rings. The Kier molecular flexibility index (Phi) is 4.83. The second-order valence-corrected chi connectivity index (χ2v) is 7.58. The molecule has 8 nitrogen and oxygen atoms in total. The number of rotatable bonds is 3. The lowest BCUT2D eigenvalue weighted by Gasteiger charge is -2.25. The zero-order valence-corrected chi connectivity index (χ0v) is 15.4. The third kappa shape index (κ3) is 3.41. The third-order valence-electron chi connectivity index (χ3n) is 4.81. The molecular formula is C18H18N6O2S. The molecule has 0 saturated carbocycles. The van der Waals surface area contributed by atoms with E-state index < -0.39 is 0 Å². The van der Waals surface area contributed by atoms with Crippen molar-refractivity contribution in [3.8, 4) is 6.19 Å². The smallest absolute Gasteiger partial charge is 0.272 e. The summed E-state index contributed by atoms with van der Waals surface area (Å²) in [5.41, 5.74) is 1.27. The van der Waals surface area contributed by atoms with Crippen LogP contribution in [0.2, 0.25) is 0 Å². The van der Waals surface area contributed by atoms with Crippen molar-refractivity contribution < 1.29 is 9.59 Å². The zero-order valence-electron chi connectivity index (χ0n) is 14.6. The molecule has 2 aliphatic heterocycles. The lowest BCUT2D eigenvalue weighted by atomic mass is 10.1. The summed E-state index contributed by atoms with van der Waals surface area (Å²) in [4.78, 5) is 37.6. The molecule has 0 spiro atoms. The maximum absolute atomic E-state index is 12.6. The van der Waals surface area contributed by atoms with Gasteiger partial charge in [0.1, 0.15) is 5.69 Å². The van der Waals surface area contributed by atoms with Crippen LogP contribution in [0.1, 0.15) is 27.5 Å². The van der Waals surface area contributed by atoms with Crippen LogP contribution < -0.4 is 10.2 Å². The Morgan fingerprint density at radius 2 is 2.30 bits per heavy atom. The summed E-state index contributed by atoms with van der Waals surface area (Å²) in [6.45, 7) is 2.34. The topological polar surface area (TPSA) is 102 Å². The van der Waals surface area contributed by atoms with Crippen LogP contribution in [-0.4, -0.2) is 46.3 Å². The normalized spacial score (nSPS) is 18.6. The van der Waals surface area contributed by atoms with E-state index in [1.165, 1.54) is 11.3 Å². The van der Waals surface area contributed by atoms with Crippen molar-refractivity contribution in [2.75, 3.05) is 24.5 Å².